The van der Waals surface area contributed by atoms with Gasteiger partial charge in [-0.25, -0.2) is 0 Å². The third-order valence-electron chi connectivity index (χ3n) is 8.92. The van der Waals surface area contributed by atoms with Gasteiger partial charge in [0.05, 0.1) is 30.4 Å². The van der Waals surface area contributed by atoms with Crippen LogP contribution in [0.1, 0.15) is 52.4 Å². The SMILES string of the molecule is C[C@@H]1C(O)[C@@H](OC2C(O)C(O[C@H]3O[C@H](CCCCO)CCC3N)[C@@H](N)C[C@H]2NC(=O)C2(O)CNC2)OCC1(C)O. The van der Waals surface area contributed by atoms with Crippen LogP contribution in [0.4, 0.5) is 0 Å². The van der Waals surface area contributed by atoms with Gasteiger partial charge in [0.15, 0.2) is 18.2 Å². The Hall–Kier alpha value is -1.01. The van der Waals surface area contributed by atoms with Gasteiger partial charge >= 0.3 is 0 Å². The van der Waals surface area contributed by atoms with Gasteiger partial charge in [0, 0.05) is 31.7 Å². The molecule has 0 bridgehead atoms. The lowest BCUT2D eigenvalue weighted by molar-refractivity contribution is -0.314. The Balaban J connectivity index is 1.49. The number of unbranched alkanes of at least 4 members (excludes halogenated alkanes) is 1. The minimum Gasteiger partial charge on any atom is -0.396 e. The number of rotatable bonds is 10. The van der Waals surface area contributed by atoms with Crippen molar-refractivity contribution in [2.75, 3.05) is 26.3 Å². The maximum Gasteiger partial charge on any atom is 0.254 e. The maximum atomic E-state index is 12.9. The van der Waals surface area contributed by atoms with Crippen LogP contribution in [0.5, 0.6) is 0 Å². The van der Waals surface area contributed by atoms with Gasteiger partial charge in [-0.3, -0.25) is 4.79 Å². The number of nitrogens with one attached hydrogen (secondary N) is 2. The molecule has 4 fully saturated rings. The number of aliphatic hydroxyl groups excluding tert-OH is 3. The van der Waals surface area contributed by atoms with Gasteiger partial charge in [-0.1, -0.05) is 6.92 Å². The lowest BCUT2D eigenvalue weighted by atomic mass is 9.82. The van der Waals surface area contributed by atoms with Crippen molar-refractivity contribution < 1.29 is 49.3 Å². The summed E-state index contributed by atoms with van der Waals surface area (Å²) in [5, 5.41) is 58.1. The molecule has 3 aliphatic heterocycles. The molecule has 232 valence electrons. The van der Waals surface area contributed by atoms with Gasteiger partial charge < -0.3 is 66.6 Å². The van der Waals surface area contributed by atoms with Crippen LogP contribution in [0.2, 0.25) is 0 Å². The fourth-order valence-corrected chi connectivity index (χ4v) is 5.78. The number of amides is 1. The van der Waals surface area contributed by atoms with Gasteiger partial charge in [0.1, 0.15) is 24.4 Å². The van der Waals surface area contributed by atoms with E-state index in [-0.39, 0.29) is 38.8 Å². The molecule has 12 atom stereocenters. The zero-order valence-electron chi connectivity index (χ0n) is 23.4. The maximum absolute atomic E-state index is 12.9. The molecule has 0 spiro atoms. The van der Waals surface area contributed by atoms with Gasteiger partial charge in [-0.2, -0.15) is 0 Å². The monoisotopic (exact) mass is 576 g/mol. The smallest absolute Gasteiger partial charge is 0.254 e. The van der Waals surface area contributed by atoms with Gasteiger partial charge in [-0.15, -0.1) is 0 Å². The molecule has 3 heterocycles. The van der Waals surface area contributed by atoms with E-state index in [4.69, 9.17) is 35.5 Å². The molecule has 6 unspecified atom stereocenters. The van der Waals surface area contributed by atoms with E-state index in [9.17, 15) is 25.2 Å². The highest BCUT2D eigenvalue weighted by Gasteiger charge is 2.52. The number of hydrogen-bond acceptors (Lipinski definition) is 13. The minimum absolute atomic E-state index is 0.0881. The molecule has 14 nitrogen and oxygen atoms in total. The van der Waals surface area contributed by atoms with Crippen molar-refractivity contribution in [2.24, 2.45) is 17.4 Å². The fourth-order valence-electron chi connectivity index (χ4n) is 5.78. The highest BCUT2D eigenvalue weighted by Crippen LogP contribution is 2.34. The summed E-state index contributed by atoms with van der Waals surface area (Å²) in [7, 11) is 0. The van der Waals surface area contributed by atoms with Crippen LogP contribution in [0, 0.1) is 5.92 Å². The van der Waals surface area contributed by atoms with Gasteiger partial charge in [0.25, 0.3) is 5.91 Å². The van der Waals surface area contributed by atoms with Crippen molar-refractivity contribution in [3.63, 3.8) is 0 Å². The number of ether oxygens (including phenoxy) is 4. The van der Waals surface area contributed by atoms with Crippen molar-refractivity contribution >= 4 is 5.91 Å². The minimum atomic E-state index is -1.59. The van der Waals surface area contributed by atoms with Crippen LogP contribution in [0.25, 0.3) is 0 Å². The quantitative estimate of drug-likeness (QED) is 0.117. The largest absolute Gasteiger partial charge is 0.396 e. The molecule has 3 saturated heterocycles. The van der Waals surface area contributed by atoms with Gasteiger partial charge in [-0.05, 0) is 45.4 Å². The molecular formula is C26H48N4O10. The molecule has 40 heavy (non-hydrogen) atoms. The van der Waals surface area contributed by atoms with E-state index in [1.165, 1.54) is 0 Å². The number of aliphatic hydroxyl groups is 5. The molecule has 4 rings (SSSR count). The molecule has 11 N–H and O–H groups in total. The van der Waals surface area contributed by atoms with Crippen LogP contribution in [0.3, 0.4) is 0 Å². The summed E-state index contributed by atoms with van der Waals surface area (Å²) in [6.07, 6.45) is -3.15. The Morgan fingerprint density at radius 1 is 1.05 bits per heavy atom. The Morgan fingerprint density at radius 3 is 2.40 bits per heavy atom. The summed E-state index contributed by atoms with van der Waals surface area (Å²) in [5.74, 6) is -1.24. The van der Waals surface area contributed by atoms with Crippen molar-refractivity contribution in [1.29, 1.82) is 0 Å². The van der Waals surface area contributed by atoms with Crippen LogP contribution in [0.15, 0.2) is 0 Å². The number of carbonyl (C=O) groups excluding carboxylic acids is 1. The van der Waals surface area contributed by atoms with Crippen molar-refractivity contribution in [3.8, 4) is 0 Å². The van der Waals surface area contributed by atoms with Crippen LogP contribution < -0.4 is 22.1 Å². The van der Waals surface area contributed by atoms with Crippen LogP contribution in [-0.4, -0.2) is 130 Å². The average molecular weight is 577 g/mol. The standard InChI is InChI=1S/C26H48N4O10/c1-13-18(32)23(37-12-25(13,2)35)40-21-17(30-24(34)26(36)10-29-11-26)9-16(28)20(19(21)33)39-22-15(27)7-6-14(38-22)5-3-4-8-31/h13-23,29,31-33,35-36H,3-12,27-28H2,1-2H3,(H,30,34)/t13-,14-,15?,16+,17-,18?,19?,20?,21?,22-,23-,25?/m1/s1. The molecule has 0 aromatic carbocycles. The van der Waals surface area contributed by atoms with E-state index >= 15 is 0 Å². The summed E-state index contributed by atoms with van der Waals surface area (Å²) >= 11 is 0. The summed E-state index contributed by atoms with van der Waals surface area (Å²) in [6.45, 7) is 3.40. The summed E-state index contributed by atoms with van der Waals surface area (Å²) in [5.41, 5.74) is 9.89. The lowest BCUT2D eigenvalue weighted by Crippen LogP contribution is -2.72. The first-order chi connectivity index (χ1) is 18.9. The highest BCUT2D eigenvalue weighted by molar-refractivity contribution is 5.87. The van der Waals surface area contributed by atoms with Crippen LogP contribution >= 0.6 is 0 Å². The molecule has 14 heteroatoms. The molecule has 0 aromatic rings. The molecule has 1 amide bonds. The third kappa shape index (κ3) is 6.96. The Labute approximate surface area is 234 Å². The molecule has 0 aromatic heterocycles. The zero-order valence-corrected chi connectivity index (χ0v) is 23.4. The Bertz CT molecular complexity index is 848. The molecule has 1 aliphatic carbocycles. The molecule has 0 radical (unpaired) electrons. The predicted octanol–water partition coefficient (Wildman–Crippen LogP) is -3.23. The first kappa shape index (κ1) is 31.9. The second kappa shape index (κ2) is 13.1. The molecular weight excluding hydrogens is 528 g/mol. The lowest BCUT2D eigenvalue weighted by Gasteiger charge is -2.49. The van der Waals surface area contributed by atoms with E-state index in [2.05, 4.69) is 10.6 Å². The zero-order chi connectivity index (χ0) is 29.2. The first-order valence-corrected chi connectivity index (χ1v) is 14.4. The number of carbonyl (C=O) groups is 1. The van der Waals surface area contributed by atoms with E-state index in [1.54, 1.807) is 13.8 Å². The first-order valence-electron chi connectivity index (χ1n) is 14.4. The number of nitrogens with two attached hydrogens (primary N) is 2. The second-order valence-electron chi connectivity index (χ2n) is 12.2. The molecule has 1 saturated carbocycles. The van der Waals surface area contributed by atoms with E-state index < -0.39 is 78.1 Å². The summed E-state index contributed by atoms with van der Waals surface area (Å²) in [6, 6.07) is -2.04. The Kier molecular flexibility index (Phi) is 10.5. The second-order valence-corrected chi connectivity index (χ2v) is 12.2. The normalized spacial score (nSPS) is 45.5. The van der Waals surface area contributed by atoms with Crippen molar-refractivity contribution in [1.82, 2.24) is 10.6 Å². The summed E-state index contributed by atoms with van der Waals surface area (Å²) in [4.78, 5) is 12.9. The molecule has 4 aliphatic rings. The van der Waals surface area contributed by atoms with E-state index in [1.807, 2.05) is 0 Å². The van der Waals surface area contributed by atoms with E-state index in [0.29, 0.717) is 12.8 Å². The van der Waals surface area contributed by atoms with Crippen molar-refractivity contribution in [2.45, 2.75) is 125 Å². The summed E-state index contributed by atoms with van der Waals surface area (Å²) < 4.78 is 24.0. The average Bonchev–Trinajstić information content (AvgIpc) is 2.89. The number of β-amino-alcohol motifs (C(OH)–C–C–N with tert-alkyl or cyclic N) is 1. The fraction of sp³-hybridized carbons (Fsp3) is 0.962. The van der Waals surface area contributed by atoms with Crippen LogP contribution in [-0.2, 0) is 23.7 Å². The predicted molar refractivity (Wildman–Crippen MR) is 140 cm³/mol. The number of hydrogen-bond donors (Lipinski definition) is 9. The Morgan fingerprint density at radius 2 is 1.75 bits per heavy atom. The highest BCUT2D eigenvalue weighted by atomic mass is 16.7. The van der Waals surface area contributed by atoms with Crippen molar-refractivity contribution in [3.05, 3.63) is 0 Å². The van der Waals surface area contributed by atoms with E-state index in [0.717, 1.165) is 19.3 Å². The topological polar surface area (TPSA) is 231 Å². The third-order valence-corrected chi connectivity index (χ3v) is 8.92. The van der Waals surface area contributed by atoms with Gasteiger partial charge in [0.2, 0.25) is 0 Å².